The number of nitrogens with zero attached hydrogens (tertiary/aromatic N) is 3. The Balaban J connectivity index is 1.32. The van der Waals surface area contributed by atoms with Gasteiger partial charge in [-0.1, -0.05) is 12.1 Å². The zero-order valence-corrected chi connectivity index (χ0v) is 16.2. The minimum Gasteiger partial charge on any atom is -0.352 e. The number of alkyl halides is 3. The summed E-state index contributed by atoms with van der Waals surface area (Å²) in [6.45, 7) is 2.93. The molecule has 1 atom stereocenters. The van der Waals surface area contributed by atoms with E-state index in [-0.39, 0.29) is 11.5 Å². The molecule has 30 heavy (non-hydrogen) atoms. The number of piperidine rings is 1. The third kappa shape index (κ3) is 4.79. The number of rotatable bonds is 5. The van der Waals surface area contributed by atoms with Crippen LogP contribution in [0.4, 0.5) is 13.2 Å². The van der Waals surface area contributed by atoms with Gasteiger partial charge in [-0.3, -0.25) is 9.69 Å². The maximum Gasteiger partial charge on any atom is 0.416 e. The molecule has 1 saturated heterocycles. The van der Waals surface area contributed by atoms with Crippen LogP contribution in [0.2, 0.25) is 0 Å². The van der Waals surface area contributed by atoms with Gasteiger partial charge < -0.3 is 5.32 Å². The predicted molar refractivity (Wildman–Crippen MR) is 104 cm³/mol. The zero-order chi connectivity index (χ0) is 21.1. The summed E-state index contributed by atoms with van der Waals surface area (Å²) in [4.78, 5) is 14.6. The first-order chi connectivity index (χ1) is 14.4. The van der Waals surface area contributed by atoms with Crippen LogP contribution in [0.15, 0.2) is 47.1 Å². The van der Waals surface area contributed by atoms with Crippen LogP contribution >= 0.6 is 0 Å². The molecule has 1 aliphatic rings. The first-order valence-corrected chi connectivity index (χ1v) is 9.77. The van der Waals surface area contributed by atoms with E-state index in [0.717, 1.165) is 55.7 Å². The van der Waals surface area contributed by atoms with Crippen molar-refractivity contribution in [1.29, 1.82) is 0 Å². The molecule has 1 aliphatic heterocycles. The molecule has 0 aliphatic carbocycles. The SMILES string of the molecule is O=C(NC[C@H]1CCCN(Cc2ccc3nonc3c2)C1)c1cccc(C(F)(F)F)c1. The molecule has 9 heteroatoms. The fraction of sp³-hybridized carbons (Fsp3) is 0.381. The molecule has 1 fully saturated rings. The lowest BCUT2D eigenvalue weighted by Gasteiger charge is -2.32. The van der Waals surface area contributed by atoms with E-state index in [2.05, 4.69) is 20.5 Å². The summed E-state index contributed by atoms with van der Waals surface area (Å²) >= 11 is 0. The second-order valence-electron chi connectivity index (χ2n) is 7.62. The van der Waals surface area contributed by atoms with Gasteiger partial charge in [0.05, 0.1) is 5.56 Å². The van der Waals surface area contributed by atoms with Crippen molar-refractivity contribution in [2.24, 2.45) is 5.92 Å². The first-order valence-electron chi connectivity index (χ1n) is 9.77. The molecule has 6 nitrogen and oxygen atoms in total. The van der Waals surface area contributed by atoms with Gasteiger partial charge in [0.15, 0.2) is 0 Å². The van der Waals surface area contributed by atoms with Gasteiger partial charge in [0.1, 0.15) is 11.0 Å². The van der Waals surface area contributed by atoms with Gasteiger partial charge in [0, 0.05) is 25.2 Å². The fourth-order valence-corrected chi connectivity index (χ4v) is 3.82. The summed E-state index contributed by atoms with van der Waals surface area (Å²) in [7, 11) is 0. The Morgan fingerprint density at radius 1 is 1.17 bits per heavy atom. The molecular formula is C21H21F3N4O2. The van der Waals surface area contributed by atoms with Crippen LogP contribution in [0.5, 0.6) is 0 Å². The van der Waals surface area contributed by atoms with Crippen molar-refractivity contribution in [2.75, 3.05) is 19.6 Å². The Kier molecular flexibility index (Phi) is 5.72. The van der Waals surface area contributed by atoms with Crippen LogP contribution in [0.25, 0.3) is 11.0 Å². The highest BCUT2D eigenvalue weighted by Crippen LogP contribution is 2.29. The van der Waals surface area contributed by atoms with Gasteiger partial charge in [0.2, 0.25) is 0 Å². The topological polar surface area (TPSA) is 71.3 Å². The number of fused-ring (bicyclic) bond motifs is 1. The molecule has 0 unspecified atom stereocenters. The quantitative estimate of drug-likeness (QED) is 0.681. The van der Waals surface area contributed by atoms with E-state index in [1.54, 1.807) is 0 Å². The molecule has 1 aromatic heterocycles. The number of halogens is 3. The highest BCUT2D eigenvalue weighted by atomic mass is 19.4. The van der Waals surface area contributed by atoms with Gasteiger partial charge in [0.25, 0.3) is 5.91 Å². The van der Waals surface area contributed by atoms with Crippen molar-refractivity contribution < 1.29 is 22.6 Å². The molecule has 4 rings (SSSR count). The van der Waals surface area contributed by atoms with Crippen LogP contribution in [0.3, 0.4) is 0 Å². The maximum absolute atomic E-state index is 12.8. The summed E-state index contributed by atoms with van der Waals surface area (Å²) in [6.07, 6.45) is -2.51. The van der Waals surface area contributed by atoms with E-state index in [9.17, 15) is 18.0 Å². The Morgan fingerprint density at radius 2 is 2.00 bits per heavy atom. The summed E-state index contributed by atoms with van der Waals surface area (Å²) in [5.41, 5.74) is 1.74. The number of hydrogen-bond acceptors (Lipinski definition) is 5. The molecule has 1 amide bonds. The van der Waals surface area contributed by atoms with E-state index in [0.29, 0.717) is 12.1 Å². The molecule has 3 aromatic rings. The molecule has 0 saturated carbocycles. The average molecular weight is 418 g/mol. The number of aromatic nitrogens is 2. The Hall–Kier alpha value is -2.94. The second-order valence-corrected chi connectivity index (χ2v) is 7.62. The zero-order valence-electron chi connectivity index (χ0n) is 16.2. The standard InChI is InChI=1S/C21H21F3N4O2/c22-21(23,24)17-5-1-4-16(10-17)20(29)25-11-15-3-2-8-28(13-15)12-14-6-7-18-19(9-14)27-30-26-18/h1,4-7,9-10,15H,2-3,8,11-13H2,(H,25,29)/t15-/m1/s1. The van der Waals surface area contributed by atoms with Crippen molar-refractivity contribution in [3.8, 4) is 0 Å². The Bertz CT molecular complexity index is 1030. The van der Waals surface area contributed by atoms with Crippen LogP contribution in [0, 0.1) is 5.92 Å². The van der Waals surface area contributed by atoms with E-state index in [4.69, 9.17) is 4.63 Å². The number of carbonyl (C=O) groups excluding carboxylic acids is 1. The molecule has 2 heterocycles. The number of hydrogen-bond donors (Lipinski definition) is 1. The number of amides is 1. The molecule has 0 spiro atoms. The lowest BCUT2D eigenvalue weighted by molar-refractivity contribution is -0.137. The maximum atomic E-state index is 12.8. The van der Waals surface area contributed by atoms with Crippen LogP contribution < -0.4 is 5.32 Å². The highest BCUT2D eigenvalue weighted by Gasteiger charge is 2.31. The normalized spacial score (nSPS) is 17.9. The van der Waals surface area contributed by atoms with Crippen molar-refractivity contribution in [3.05, 3.63) is 59.2 Å². The van der Waals surface area contributed by atoms with E-state index < -0.39 is 17.6 Å². The van der Waals surface area contributed by atoms with Crippen molar-refractivity contribution in [1.82, 2.24) is 20.5 Å². The van der Waals surface area contributed by atoms with Gasteiger partial charge in [-0.2, -0.15) is 13.2 Å². The largest absolute Gasteiger partial charge is 0.416 e. The monoisotopic (exact) mass is 418 g/mol. The number of nitrogens with one attached hydrogen (secondary N) is 1. The van der Waals surface area contributed by atoms with Crippen LogP contribution in [-0.2, 0) is 12.7 Å². The molecule has 1 N–H and O–H groups in total. The number of carbonyl (C=O) groups is 1. The molecule has 0 bridgehead atoms. The third-order valence-electron chi connectivity index (χ3n) is 5.33. The number of likely N-dealkylation sites (tertiary alicyclic amines) is 1. The van der Waals surface area contributed by atoms with Gasteiger partial charge >= 0.3 is 6.18 Å². The lowest BCUT2D eigenvalue weighted by Crippen LogP contribution is -2.40. The van der Waals surface area contributed by atoms with E-state index >= 15 is 0 Å². The van der Waals surface area contributed by atoms with Crippen LogP contribution in [0.1, 0.15) is 34.3 Å². The Morgan fingerprint density at radius 3 is 2.83 bits per heavy atom. The summed E-state index contributed by atoms with van der Waals surface area (Å²) in [5.74, 6) is -0.242. The average Bonchev–Trinajstić information content (AvgIpc) is 3.20. The lowest BCUT2D eigenvalue weighted by atomic mass is 9.97. The highest BCUT2D eigenvalue weighted by molar-refractivity contribution is 5.94. The van der Waals surface area contributed by atoms with Gasteiger partial charge in [-0.15, -0.1) is 0 Å². The van der Waals surface area contributed by atoms with Crippen molar-refractivity contribution in [2.45, 2.75) is 25.6 Å². The van der Waals surface area contributed by atoms with Crippen LogP contribution in [-0.4, -0.2) is 40.8 Å². The molecule has 0 radical (unpaired) electrons. The van der Waals surface area contributed by atoms with E-state index in [1.807, 2.05) is 18.2 Å². The van der Waals surface area contributed by atoms with Gasteiger partial charge in [-0.05, 0) is 71.5 Å². The third-order valence-corrected chi connectivity index (χ3v) is 5.33. The summed E-state index contributed by atoms with van der Waals surface area (Å²) in [6, 6.07) is 10.3. The molecular weight excluding hydrogens is 397 g/mol. The predicted octanol–water partition coefficient (Wildman–Crippen LogP) is 3.88. The van der Waals surface area contributed by atoms with Gasteiger partial charge in [-0.25, -0.2) is 4.63 Å². The number of benzene rings is 2. The smallest absolute Gasteiger partial charge is 0.352 e. The minimum absolute atomic E-state index is 0.0204. The molecule has 2 aromatic carbocycles. The van der Waals surface area contributed by atoms with E-state index in [1.165, 1.54) is 12.1 Å². The Labute approximate surface area is 171 Å². The fourth-order valence-electron chi connectivity index (χ4n) is 3.82. The van der Waals surface area contributed by atoms with Crippen molar-refractivity contribution >= 4 is 16.9 Å². The van der Waals surface area contributed by atoms with Crippen molar-refractivity contribution in [3.63, 3.8) is 0 Å². The minimum atomic E-state index is -4.47. The molecule has 158 valence electrons. The summed E-state index contributed by atoms with van der Waals surface area (Å²) < 4.78 is 43.3. The second kappa shape index (κ2) is 8.43. The first kappa shape index (κ1) is 20.3. The summed E-state index contributed by atoms with van der Waals surface area (Å²) in [5, 5.41) is 10.5.